The molecule has 1 heterocycles. The molecule has 0 aliphatic carbocycles. The smallest absolute Gasteiger partial charge is 0.124 e. The van der Waals surface area contributed by atoms with Gasteiger partial charge < -0.3 is 5.32 Å². The summed E-state index contributed by atoms with van der Waals surface area (Å²) in [7, 11) is 0. The van der Waals surface area contributed by atoms with Crippen molar-refractivity contribution in [1.82, 2.24) is 9.78 Å². The highest BCUT2D eigenvalue weighted by Crippen LogP contribution is 2.16. The molecule has 0 radical (unpaired) electrons. The predicted molar refractivity (Wildman–Crippen MR) is 71.0 cm³/mol. The molecule has 98 valence electrons. The summed E-state index contributed by atoms with van der Waals surface area (Å²) in [6.07, 6.45) is 3.66. The fraction of sp³-hybridized carbons (Fsp3) is 0.286. The van der Waals surface area contributed by atoms with Gasteiger partial charge in [-0.25, -0.2) is 4.39 Å². The van der Waals surface area contributed by atoms with Gasteiger partial charge in [-0.15, -0.1) is 0 Å². The first-order chi connectivity index (χ1) is 9.19. The first-order valence-electron chi connectivity index (χ1n) is 6.10. The predicted octanol–water partition coefficient (Wildman–Crippen LogP) is 2.64. The maximum atomic E-state index is 13.0. The second-order valence-corrected chi connectivity index (χ2v) is 4.52. The van der Waals surface area contributed by atoms with Gasteiger partial charge in [-0.1, -0.05) is 6.92 Å². The molecule has 1 atom stereocenters. The van der Waals surface area contributed by atoms with E-state index in [0.29, 0.717) is 23.7 Å². The SMILES string of the molecule is C[C@H](CNc1ccc(F)cc1C#N)Cn1cccn1. The quantitative estimate of drug-likeness (QED) is 0.897. The van der Waals surface area contributed by atoms with Crippen LogP contribution in [0, 0.1) is 23.1 Å². The molecule has 5 heteroatoms. The number of halogens is 1. The molecule has 0 unspecified atom stereocenters. The van der Waals surface area contributed by atoms with E-state index >= 15 is 0 Å². The van der Waals surface area contributed by atoms with E-state index in [4.69, 9.17) is 5.26 Å². The molecular formula is C14H15FN4. The third-order valence-corrected chi connectivity index (χ3v) is 2.80. The van der Waals surface area contributed by atoms with Gasteiger partial charge in [0, 0.05) is 25.5 Å². The summed E-state index contributed by atoms with van der Waals surface area (Å²) in [6, 6.07) is 8.05. The lowest BCUT2D eigenvalue weighted by Crippen LogP contribution is -2.17. The fourth-order valence-corrected chi connectivity index (χ4v) is 1.84. The molecule has 0 aliphatic heterocycles. The Morgan fingerprint density at radius 3 is 3.05 bits per heavy atom. The Kier molecular flexibility index (Phi) is 4.14. The summed E-state index contributed by atoms with van der Waals surface area (Å²) in [5, 5.41) is 16.3. The fourth-order valence-electron chi connectivity index (χ4n) is 1.84. The van der Waals surface area contributed by atoms with Crippen molar-refractivity contribution in [3.63, 3.8) is 0 Å². The molecule has 2 aromatic rings. The first kappa shape index (κ1) is 13.1. The Morgan fingerprint density at radius 1 is 1.53 bits per heavy atom. The van der Waals surface area contributed by atoms with E-state index in [2.05, 4.69) is 17.3 Å². The number of nitrogens with one attached hydrogen (secondary N) is 1. The van der Waals surface area contributed by atoms with Crippen LogP contribution in [0.1, 0.15) is 12.5 Å². The van der Waals surface area contributed by atoms with Crippen molar-refractivity contribution in [2.24, 2.45) is 5.92 Å². The van der Waals surface area contributed by atoms with Gasteiger partial charge in [0.15, 0.2) is 0 Å². The monoisotopic (exact) mass is 258 g/mol. The summed E-state index contributed by atoms with van der Waals surface area (Å²) in [4.78, 5) is 0. The van der Waals surface area contributed by atoms with Crippen LogP contribution in [-0.4, -0.2) is 16.3 Å². The van der Waals surface area contributed by atoms with Crippen LogP contribution in [0.3, 0.4) is 0 Å². The molecule has 0 saturated heterocycles. The van der Waals surface area contributed by atoms with Crippen LogP contribution in [0.15, 0.2) is 36.7 Å². The number of anilines is 1. The highest BCUT2D eigenvalue weighted by molar-refractivity contribution is 5.57. The van der Waals surface area contributed by atoms with Crippen LogP contribution in [0.25, 0.3) is 0 Å². The second-order valence-electron chi connectivity index (χ2n) is 4.52. The average Bonchev–Trinajstić information content (AvgIpc) is 2.90. The van der Waals surface area contributed by atoms with Crippen molar-refractivity contribution >= 4 is 5.69 Å². The van der Waals surface area contributed by atoms with E-state index in [0.717, 1.165) is 6.54 Å². The molecule has 1 aromatic heterocycles. The molecule has 1 N–H and O–H groups in total. The average molecular weight is 258 g/mol. The Hall–Kier alpha value is -2.35. The highest BCUT2D eigenvalue weighted by atomic mass is 19.1. The zero-order valence-corrected chi connectivity index (χ0v) is 10.7. The van der Waals surface area contributed by atoms with E-state index in [-0.39, 0.29) is 0 Å². The van der Waals surface area contributed by atoms with Crippen LogP contribution in [0.5, 0.6) is 0 Å². The van der Waals surface area contributed by atoms with Crippen molar-refractivity contribution < 1.29 is 4.39 Å². The standard InChI is InChI=1S/C14H15FN4/c1-11(10-19-6-2-5-18-19)9-17-14-4-3-13(15)7-12(14)8-16/h2-7,11,17H,9-10H2,1H3/t11-/m1/s1. The Bertz CT molecular complexity index is 572. The molecule has 0 bridgehead atoms. The van der Waals surface area contributed by atoms with Gasteiger partial charge in [0.05, 0.1) is 11.3 Å². The molecule has 0 saturated carbocycles. The molecule has 19 heavy (non-hydrogen) atoms. The number of benzene rings is 1. The maximum Gasteiger partial charge on any atom is 0.124 e. The van der Waals surface area contributed by atoms with Crippen LogP contribution >= 0.6 is 0 Å². The first-order valence-corrected chi connectivity index (χ1v) is 6.10. The van der Waals surface area contributed by atoms with E-state index < -0.39 is 5.82 Å². The number of aromatic nitrogens is 2. The van der Waals surface area contributed by atoms with Gasteiger partial charge in [-0.2, -0.15) is 10.4 Å². The number of nitriles is 1. The summed E-state index contributed by atoms with van der Waals surface area (Å²) in [5.41, 5.74) is 0.988. The van der Waals surface area contributed by atoms with Gasteiger partial charge >= 0.3 is 0 Å². The van der Waals surface area contributed by atoms with Crippen molar-refractivity contribution in [2.75, 3.05) is 11.9 Å². The number of hydrogen-bond acceptors (Lipinski definition) is 3. The topological polar surface area (TPSA) is 53.6 Å². The van der Waals surface area contributed by atoms with Gasteiger partial charge in [0.25, 0.3) is 0 Å². The van der Waals surface area contributed by atoms with E-state index in [1.807, 2.05) is 23.0 Å². The second kappa shape index (κ2) is 6.01. The van der Waals surface area contributed by atoms with Gasteiger partial charge in [-0.3, -0.25) is 4.68 Å². The van der Waals surface area contributed by atoms with Gasteiger partial charge in [0.2, 0.25) is 0 Å². The van der Waals surface area contributed by atoms with E-state index in [1.165, 1.54) is 12.1 Å². The molecule has 1 aromatic carbocycles. The minimum absolute atomic E-state index is 0.325. The molecule has 4 nitrogen and oxygen atoms in total. The molecule has 0 fully saturated rings. The van der Waals surface area contributed by atoms with Crippen molar-refractivity contribution in [1.29, 1.82) is 5.26 Å². The normalized spacial score (nSPS) is 11.8. The van der Waals surface area contributed by atoms with Crippen LogP contribution in [-0.2, 0) is 6.54 Å². The third-order valence-electron chi connectivity index (χ3n) is 2.80. The highest BCUT2D eigenvalue weighted by Gasteiger charge is 2.07. The van der Waals surface area contributed by atoms with Crippen molar-refractivity contribution in [3.05, 3.63) is 48.0 Å². The molecule has 2 rings (SSSR count). The summed E-state index contributed by atoms with van der Waals surface area (Å²) in [6.45, 7) is 3.58. The lowest BCUT2D eigenvalue weighted by molar-refractivity contribution is 0.468. The van der Waals surface area contributed by atoms with Crippen LogP contribution < -0.4 is 5.32 Å². The van der Waals surface area contributed by atoms with E-state index in [1.54, 1.807) is 12.3 Å². The molecule has 0 aliphatic rings. The van der Waals surface area contributed by atoms with E-state index in [9.17, 15) is 4.39 Å². The minimum atomic E-state index is -0.397. The zero-order valence-electron chi connectivity index (χ0n) is 10.7. The third kappa shape index (κ3) is 3.55. The summed E-state index contributed by atoms with van der Waals surface area (Å²) < 4.78 is 14.9. The Balaban J connectivity index is 1.93. The summed E-state index contributed by atoms with van der Waals surface area (Å²) >= 11 is 0. The lowest BCUT2D eigenvalue weighted by Gasteiger charge is -2.14. The zero-order chi connectivity index (χ0) is 13.7. The molecule has 0 spiro atoms. The van der Waals surface area contributed by atoms with Crippen LogP contribution in [0.2, 0.25) is 0 Å². The van der Waals surface area contributed by atoms with Gasteiger partial charge in [0.1, 0.15) is 11.9 Å². The largest absolute Gasteiger partial charge is 0.384 e. The minimum Gasteiger partial charge on any atom is -0.384 e. The Morgan fingerprint density at radius 2 is 2.37 bits per heavy atom. The molecular weight excluding hydrogens is 243 g/mol. The number of hydrogen-bond donors (Lipinski definition) is 1. The number of nitrogens with zero attached hydrogens (tertiary/aromatic N) is 3. The van der Waals surface area contributed by atoms with Crippen molar-refractivity contribution in [3.8, 4) is 6.07 Å². The van der Waals surface area contributed by atoms with Gasteiger partial charge in [-0.05, 0) is 30.2 Å². The Labute approximate surface area is 111 Å². The number of rotatable bonds is 5. The molecule has 0 amide bonds. The van der Waals surface area contributed by atoms with Crippen molar-refractivity contribution in [2.45, 2.75) is 13.5 Å². The van der Waals surface area contributed by atoms with Crippen LogP contribution in [0.4, 0.5) is 10.1 Å². The maximum absolute atomic E-state index is 13.0. The lowest BCUT2D eigenvalue weighted by atomic mass is 10.1. The summed E-state index contributed by atoms with van der Waals surface area (Å²) in [5.74, 6) is -0.0526.